The zero-order chi connectivity index (χ0) is 14.5. The molecule has 1 heterocycles. The Balaban J connectivity index is 1.49. The van der Waals surface area contributed by atoms with Crippen molar-refractivity contribution in [1.82, 2.24) is 0 Å². The van der Waals surface area contributed by atoms with Crippen molar-refractivity contribution in [2.24, 2.45) is 0 Å². The molecule has 0 saturated carbocycles. The van der Waals surface area contributed by atoms with E-state index in [1.165, 1.54) is 12.1 Å². The number of hydrogen-bond acceptors (Lipinski definition) is 3. The van der Waals surface area contributed by atoms with E-state index in [4.69, 9.17) is 14.2 Å². The van der Waals surface area contributed by atoms with Crippen LogP contribution < -0.4 is 0 Å². The van der Waals surface area contributed by atoms with Gasteiger partial charge in [-0.25, -0.2) is 4.39 Å². The van der Waals surface area contributed by atoms with Crippen LogP contribution >= 0.6 is 0 Å². The quantitative estimate of drug-likeness (QED) is 0.862. The van der Waals surface area contributed by atoms with Gasteiger partial charge in [-0.15, -0.1) is 0 Å². The maximum atomic E-state index is 13.2. The van der Waals surface area contributed by atoms with Crippen LogP contribution in [0.2, 0.25) is 0 Å². The molecule has 0 spiro atoms. The highest BCUT2D eigenvalue weighted by Gasteiger charge is 2.24. The Kier molecular flexibility index (Phi) is 4.60. The lowest BCUT2D eigenvalue weighted by atomic mass is 10.2. The standard InChI is InChI=1S/C17H17FO3/c18-15-8-4-7-14(9-15)17-20-11-16(12-21-17)19-10-13-5-2-1-3-6-13/h1-9,16-17H,10-12H2. The Bertz CT molecular complexity index is 565. The molecule has 0 radical (unpaired) electrons. The monoisotopic (exact) mass is 288 g/mol. The molecule has 110 valence electrons. The van der Waals surface area contributed by atoms with E-state index in [-0.39, 0.29) is 11.9 Å². The van der Waals surface area contributed by atoms with Gasteiger partial charge in [0.2, 0.25) is 0 Å². The van der Waals surface area contributed by atoms with Gasteiger partial charge in [-0.1, -0.05) is 42.5 Å². The minimum absolute atomic E-state index is 0.102. The van der Waals surface area contributed by atoms with Crippen LogP contribution in [0.25, 0.3) is 0 Å². The van der Waals surface area contributed by atoms with Crippen LogP contribution in [0.4, 0.5) is 4.39 Å². The van der Waals surface area contributed by atoms with E-state index in [9.17, 15) is 4.39 Å². The number of rotatable bonds is 4. The van der Waals surface area contributed by atoms with Crippen LogP contribution in [0.5, 0.6) is 0 Å². The molecule has 0 aliphatic carbocycles. The molecule has 0 unspecified atom stereocenters. The first-order chi connectivity index (χ1) is 10.3. The largest absolute Gasteiger partial charge is 0.369 e. The molecular formula is C17H17FO3. The number of ether oxygens (including phenoxy) is 3. The van der Waals surface area contributed by atoms with Gasteiger partial charge in [0.25, 0.3) is 0 Å². The third kappa shape index (κ3) is 3.88. The van der Waals surface area contributed by atoms with Crippen LogP contribution in [-0.2, 0) is 20.8 Å². The smallest absolute Gasteiger partial charge is 0.184 e. The Hall–Kier alpha value is -1.75. The van der Waals surface area contributed by atoms with Crippen molar-refractivity contribution in [2.45, 2.75) is 19.0 Å². The molecule has 0 aromatic heterocycles. The third-order valence-electron chi connectivity index (χ3n) is 3.32. The van der Waals surface area contributed by atoms with E-state index in [1.54, 1.807) is 12.1 Å². The van der Waals surface area contributed by atoms with Crippen molar-refractivity contribution in [3.63, 3.8) is 0 Å². The van der Waals surface area contributed by atoms with E-state index in [2.05, 4.69) is 0 Å². The summed E-state index contributed by atoms with van der Waals surface area (Å²) in [5, 5.41) is 0. The normalized spacial score (nSPS) is 22.1. The maximum absolute atomic E-state index is 13.2. The topological polar surface area (TPSA) is 27.7 Å². The van der Waals surface area contributed by atoms with Gasteiger partial charge in [-0.3, -0.25) is 0 Å². The Morgan fingerprint density at radius 1 is 1.00 bits per heavy atom. The number of benzene rings is 2. The molecule has 1 aliphatic rings. The second-order valence-electron chi connectivity index (χ2n) is 4.97. The summed E-state index contributed by atoms with van der Waals surface area (Å²) in [6.45, 7) is 1.41. The van der Waals surface area contributed by atoms with Gasteiger partial charge in [0.05, 0.1) is 19.8 Å². The predicted octanol–water partition coefficient (Wildman–Crippen LogP) is 3.46. The van der Waals surface area contributed by atoms with Gasteiger partial charge in [-0.05, 0) is 17.7 Å². The van der Waals surface area contributed by atoms with Crippen LogP contribution in [-0.4, -0.2) is 19.3 Å². The molecule has 0 amide bonds. The molecule has 3 nitrogen and oxygen atoms in total. The molecule has 0 N–H and O–H groups in total. The lowest BCUT2D eigenvalue weighted by Crippen LogP contribution is -2.33. The SMILES string of the molecule is Fc1cccc(C2OCC(OCc3ccccc3)CO2)c1. The second-order valence-corrected chi connectivity index (χ2v) is 4.97. The molecule has 3 rings (SSSR count). The van der Waals surface area contributed by atoms with E-state index >= 15 is 0 Å². The lowest BCUT2D eigenvalue weighted by Gasteiger charge is -2.29. The zero-order valence-corrected chi connectivity index (χ0v) is 11.6. The molecule has 2 aromatic rings. The van der Waals surface area contributed by atoms with E-state index in [0.717, 1.165) is 5.56 Å². The molecule has 21 heavy (non-hydrogen) atoms. The summed E-state index contributed by atoms with van der Waals surface area (Å²) in [6.07, 6.45) is -0.618. The van der Waals surface area contributed by atoms with Gasteiger partial charge >= 0.3 is 0 Å². The predicted molar refractivity (Wildman–Crippen MR) is 76.1 cm³/mol. The van der Waals surface area contributed by atoms with Crippen molar-refractivity contribution in [2.75, 3.05) is 13.2 Å². The fourth-order valence-electron chi connectivity index (χ4n) is 2.22. The average molecular weight is 288 g/mol. The van der Waals surface area contributed by atoms with Crippen LogP contribution in [0, 0.1) is 5.82 Å². The summed E-state index contributed by atoms with van der Waals surface area (Å²) >= 11 is 0. The van der Waals surface area contributed by atoms with E-state index in [0.29, 0.717) is 25.4 Å². The van der Waals surface area contributed by atoms with Crippen molar-refractivity contribution in [3.05, 3.63) is 71.5 Å². The summed E-state index contributed by atoms with van der Waals surface area (Å²) < 4.78 is 30.1. The summed E-state index contributed by atoms with van der Waals surface area (Å²) in [5.41, 5.74) is 1.81. The summed E-state index contributed by atoms with van der Waals surface area (Å²) in [4.78, 5) is 0. The van der Waals surface area contributed by atoms with E-state index < -0.39 is 6.29 Å². The highest BCUT2D eigenvalue weighted by atomic mass is 19.1. The van der Waals surface area contributed by atoms with Crippen molar-refractivity contribution < 1.29 is 18.6 Å². The van der Waals surface area contributed by atoms with Gasteiger partial charge < -0.3 is 14.2 Å². The molecular weight excluding hydrogens is 271 g/mol. The first-order valence-electron chi connectivity index (χ1n) is 6.95. The minimum atomic E-state index is -0.516. The number of hydrogen-bond donors (Lipinski definition) is 0. The second kappa shape index (κ2) is 6.80. The van der Waals surface area contributed by atoms with Crippen LogP contribution in [0.15, 0.2) is 54.6 Å². The highest BCUT2D eigenvalue weighted by Crippen LogP contribution is 2.24. The third-order valence-corrected chi connectivity index (χ3v) is 3.32. The zero-order valence-electron chi connectivity index (χ0n) is 11.6. The lowest BCUT2D eigenvalue weighted by molar-refractivity contribution is -0.232. The van der Waals surface area contributed by atoms with Crippen molar-refractivity contribution in [1.29, 1.82) is 0 Å². The first-order valence-corrected chi connectivity index (χ1v) is 6.95. The fourth-order valence-corrected chi connectivity index (χ4v) is 2.22. The molecule has 1 fully saturated rings. The van der Waals surface area contributed by atoms with Crippen molar-refractivity contribution in [3.8, 4) is 0 Å². The maximum Gasteiger partial charge on any atom is 0.184 e. The summed E-state index contributed by atoms with van der Waals surface area (Å²) in [6, 6.07) is 16.2. The molecule has 0 bridgehead atoms. The highest BCUT2D eigenvalue weighted by molar-refractivity contribution is 5.18. The van der Waals surface area contributed by atoms with Crippen LogP contribution in [0.1, 0.15) is 17.4 Å². The average Bonchev–Trinajstić information content (AvgIpc) is 2.54. The molecule has 4 heteroatoms. The van der Waals surface area contributed by atoms with Gasteiger partial charge in [0, 0.05) is 5.56 Å². The minimum Gasteiger partial charge on any atom is -0.369 e. The van der Waals surface area contributed by atoms with Crippen LogP contribution in [0.3, 0.4) is 0 Å². The van der Waals surface area contributed by atoms with Gasteiger partial charge in [-0.2, -0.15) is 0 Å². The Morgan fingerprint density at radius 3 is 2.48 bits per heavy atom. The van der Waals surface area contributed by atoms with Crippen molar-refractivity contribution >= 4 is 0 Å². The number of halogens is 1. The molecule has 0 atom stereocenters. The Morgan fingerprint density at radius 2 is 1.76 bits per heavy atom. The fraction of sp³-hybridized carbons (Fsp3) is 0.294. The molecule has 2 aromatic carbocycles. The summed E-state index contributed by atoms with van der Waals surface area (Å²) in [7, 11) is 0. The Labute approximate surface area is 123 Å². The molecule has 1 aliphatic heterocycles. The van der Waals surface area contributed by atoms with E-state index in [1.807, 2.05) is 30.3 Å². The van der Waals surface area contributed by atoms with Gasteiger partial charge in [0.1, 0.15) is 11.9 Å². The first kappa shape index (κ1) is 14.2. The van der Waals surface area contributed by atoms with Gasteiger partial charge in [0.15, 0.2) is 6.29 Å². The molecule has 1 saturated heterocycles. The summed E-state index contributed by atoms with van der Waals surface area (Å²) in [5.74, 6) is -0.290.